The number of hydrogen-bond acceptors (Lipinski definition) is 6. The molecule has 3 aromatic heterocycles. The molecule has 4 heterocycles. The van der Waals surface area contributed by atoms with Gasteiger partial charge in [-0.1, -0.05) is 12.1 Å². The number of aliphatic imine (C=N–C) groups is 1. The van der Waals surface area contributed by atoms with E-state index in [2.05, 4.69) is 59.8 Å². The van der Waals surface area contributed by atoms with Crippen LogP contribution in [0.15, 0.2) is 47.7 Å². The zero-order chi connectivity index (χ0) is 20.1. The summed E-state index contributed by atoms with van der Waals surface area (Å²) in [6.45, 7) is 5.38. The maximum Gasteiger partial charge on any atom is 0.191 e. The molecular formula is C20H27N9. The van der Waals surface area contributed by atoms with Gasteiger partial charge in [-0.25, -0.2) is 4.98 Å². The van der Waals surface area contributed by atoms with Crippen molar-refractivity contribution >= 4 is 17.4 Å². The van der Waals surface area contributed by atoms with Crippen molar-refractivity contribution < 1.29 is 0 Å². The van der Waals surface area contributed by atoms with E-state index < -0.39 is 0 Å². The van der Waals surface area contributed by atoms with Crippen molar-refractivity contribution in [3.8, 4) is 0 Å². The molecule has 9 heteroatoms. The molecule has 0 bridgehead atoms. The summed E-state index contributed by atoms with van der Waals surface area (Å²) >= 11 is 0. The van der Waals surface area contributed by atoms with Gasteiger partial charge in [0.05, 0.1) is 6.54 Å². The standard InChI is InChI=1S/C20H27N9/c1-21-20(24-15-19-26-25-18-5-3-4-8-29(18)19)23-14-16-6-7-17(22-13-16)28-11-9-27(2)10-12-28/h3-8,13H,9-12,14-15H2,1-2H3,(H2,21,23,24). The van der Waals surface area contributed by atoms with Gasteiger partial charge in [0.25, 0.3) is 0 Å². The van der Waals surface area contributed by atoms with Crippen LogP contribution >= 0.6 is 0 Å². The summed E-state index contributed by atoms with van der Waals surface area (Å²) in [6.07, 6.45) is 3.89. The van der Waals surface area contributed by atoms with Crippen LogP contribution in [-0.4, -0.2) is 70.7 Å². The van der Waals surface area contributed by atoms with E-state index in [1.165, 1.54) is 0 Å². The number of rotatable bonds is 5. The van der Waals surface area contributed by atoms with Crippen LogP contribution in [0.3, 0.4) is 0 Å². The van der Waals surface area contributed by atoms with Crippen molar-refractivity contribution in [2.45, 2.75) is 13.1 Å². The molecule has 9 nitrogen and oxygen atoms in total. The number of aromatic nitrogens is 4. The lowest BCUT2D eigenvalue weighted by Crippen LogP contribution is -2.44. The minimum atomic E-state index is 0.533. The summed E-state index contributed by atoms with van der Waals surface area (Å²) in [5.74, 6) is 2.59. The molecule has 1 saturated heterocycles. The van der Waals surface area contributed by atoms with Crippen LogP contribution < -0.4 is 15.5 Å². The number of hydrogen-bond donors (Lipinski definition) is 2. The number of anilines is 1. The molecule has 2 N–H and O–H groups in total. The molecule has 3 aromatic rings. The van der Waals surface area contributed by atoms with Crippen LogP contribution in [-0.2, 0) is 13.1 Å². The smallest absolute Gasteiger partial charge is 0.191 e. The number of nitrogens with zero attached hydrogens (tertiary/aromatic N) is 7. The summed E-state index contributed by atoms with van der Waals surface area (Å²) in [7, 11) is 3.91. The Morgan fingerprint density at radius 1 is 1.03 bits per heavy atom. The lowest BCUT2D eigenvalue weighted by molar-refractivity contribution is 0.312. The van der Waals surface area contributed by atoms with E-state index in [-0.39, 0.29) is 0 Å². The average molecular weight is 393 g/mol. The van der Waals surface area contributed by atoms with E-state index in [0.29, 0.717) is 19.0 Å². The third-order valence-corrected chi connectivity index (χ3v) is 5.12. The Labute approximate surface area is 170 Å². The summed E-state index contributed by atoms with van der Waals surface area (Å²) in [4.78, 5) is 13.6. The molecule has 0 unspecified atom stereocenters. The van der Waals surface area contributed by atoms with E-state index in [1.54, 1.807) is 7.05 Å². The molecule has 29 heavy (non-hydrogen) atoms. The fourth-order valence-corrected chi connectivity index (χ4v) is 3.32. The molecule has 0 amide bonds. The van der Waals surface area contributed by atoms with Crippen molar-refractivity contribution in [1.29, 1.82) is 0 Å². The Morgan fingerprint density at radius 2 is 1.86 bits per heavy atom. The van der Waals surface area contributed by atoms with Gasteiger partial charge < -0.3 is 20.4 Å². The summed E-state index contributed by atoms with van der Waals surface area (Å²) < 4.78 is 1.96. The second-order valence-corrected chi connectivity index (χ2v) is 7.14. The van der Waals surface area contributed by atoms with E-state index >= 15 is 0 Å². The maximum absolute atomic E-state index is 4.64. The first-order chi connectivity index (χ1) is 14.2. The van der Waals surface area contributed by atoms with Gasteiger partial charge in [0.2, 0.25) is 0 Å². The van der Waals surface area contributed by atoms with Crippen molar-refractivity contribution in [3.63, 3.8) is 0 Å². The second-order valence-electron chi connectivity index (χ2n) is 7.14. The highest BCUT2D eigenvalue weighted by Crippen LogP contribution is 2.13. The average Bonchev–Trinajstić information content (AvgIpc) is 3.18. The van der Waals surface area contributed by atoms with Gasteiger partial charge in [0, 0.05) is 52.2 Å². The predicted octanol–water partition coefficient (Wildman–Crippen LogP) is 0.741. The van der Waals surface area contributed by atoms with Crippen LogP contribution in [0.1, 0.15) is 11.4 Å². The summed E-state index contributed by atoms with van der Waals surface area (Å²) in [6, 6.07) is 10.1. The Hall–Kier alpha value is -3.20. The van der Waals surface area contributed by atoms with E-state index in [4.69, 9.17) is 0 Å². The Balaban J connectivity index is 1.29. The highest BCUT2D eigenvalue weighted by molar-refractivity contribution is 5.79. The molecule has 1 fully saturated rings. The molecule has 4 rings (SSSR count). The van der Waals surface area contributed by atoms with Gasteiger partial charge in [0.1, 0.15) is 5.82 Å². The third-order valence-electron chi connectivity index (χ3n) is 5.12. The first-order valence-electron chi connectivity index (χ1n) is 9.84. The molecule has 0 radical (unpaired) electrons. The quantitative estimate of drug-likeness (QED) is 0.488. The van der Waals surface area contributed by atoms with Gasteiger partial charge in [0.15, 0.2) is 17.4 Å². The number of pyridine rings is 2. The molecule has 0 aliphatic carbocycles. The van der Waals surface area contributed by atoms with Crippen LogP contribution in [0, 0.1) is 0 Å². The van der Waals surface area contributed by atoms with E-state index in [9.17, 15) is 0 Å². The highest BCUT2D eigenvalue weighted by Gasteiger charge is 2.15. The number of likely N-dealkylation sites (N-methyl/N-ethyl adjacent to an activating group) is 1. The first kappa shape index (κ1) is 19.1. The third kappa shape index (κ3) is 4.62. The number of guanidine groups is 1. The molecule has 1 aliphatic rings. The van der Waals surface area contributed by atoms with E-state index in [1.807, 2.05) is 35.0 Å². The van der Waals surface area contributed by atoms with Gasteiger partial charge >= 0.3 is 0 Å². The van der Waals surface area contributed by atoms with Crippen molar-refractivity contribution in [2.24, 2.45) is 4.99 Å². The summed E-state index contributed by atoms with van der Waals surface area (Å²) in [5.41, 5.74) is 1.94. The van der Waals surface area contributed by atoms with E-state index in [0.717, 1.165) is 49.0 Å². The molecule has 1 aliphatic heterocycles. The lowest BCUT2D eigenvalue weighted by Gasteiger charge is -2.33. The number of fused-ring (bicyclic) bond motifs is 1. The van der Waals surface area contributed by atoms with Crippen LogP contribution in [0.2, 0.25) is 0 Å². The van der Waals surface area contributed by atoms with Crippen LogP contribution in [0.4, 0.5) is 5.82 Å². The Kier molecular flexibility index (Phi) is 5.85. The van der Waals surface area contributed by atoms with Crippen molar-refractivity contribution in [3.05, 3.63) is 54.1 Å². The molecule has 0 atom stereocenters. The zero-order valence-corrected chi connectivity index (χ0v) is 16.9. The van der Waals surface area contributed by atoms with Crippen molar-refractivity contribution in [1.82, 2.24) is 35.1 Å². The molecule has 152 valence electrons. The minimum Gasteiger partial charge on any atom is -0.354 e. The van der Waals surface area contributed by atoms with Gasteiger partial charge in [-0.2, -0.15) is 0 Å². The minimum absolute atomic E-state index is 0.533. The van der Waals surface area contributed by atoms with Crippen LogP contribution in [0.5, 0.6) is 0 Å². The fraction of sp³-hybridized carbons (Fsp3) is 0.400. The fourth-order valence-electron chi connectivity index (χ4n) is 3.32. The molecule has 0 aromatic carbocycles. The maximum atomic E-state index is 4.64. The first-order valence-corrected chi connectivity index (χ1v) is 9.84. The topological polar surface area (TPSA) is 86.0 Å². The monoisotopic (exact) mass is 393 g/mol. The second kappa shape index (κ2) is 8.87. The molecular weight excluding hydrogens is 366 g/mol. The zero-order valence-electron chi connectivity index (χ0n) is 16.9. The summed E-state index contributed by atoms with van der Waals surface area (Å²) in [5, 5.41) is 15.0. The van der Waals surface area contributed by atoms with Crippen molar-refractivity contribution in [2.75, 3.05) is 45.2 Å². The Morgan fingerprint density at radius 3 is 2.62 bits per heavy atom. The highest BCUT2D eigenvalue weighted by atomic mass is 15.3. The number of piperazine rings is 1. The van der Waals surface area contributed by atoms with Crippen LogP contribution in [0.25, 0.3) is 5.65 Å². The lowest BCUT2D eigenvalue weighted by atomic mass is 10.2. The normalized spacial score (nSPS) is 15.7. The van der Waals surface area contributed by atoms with Gasteiger partial charge in [-0.15, -0.1) is 10.2 Å². The number of nitrogens with one attached hydrogen (secondary N) is 2. The molecule has 0 spiro atoms. The van der Waals surface area contributed by atoms with Gasteiger partial charge in [-0.05, 0) is 30.8 Å². The predicted molar refractivity (Wildman–Crippen MR) is 114 cm³/mol. The SMILES string of the molecule is CN=C(NCc1ccc(N2CCN(C)CC2)nc1)NCc1nnc2ccccn12. The largest absolute Gasteiger partial charge is 0.354 e. The molecule has 0 saturated carbocycles. The van der Waals surface area contributed by atoms with Gasteiger partial charge in [-0.3, -0.25) is 9.39 Å². The Bertz CT molecular complexity index is 956.